The van der Waals surface area contributed by atoms with E-state index in [1.807, 2.05) is 12.1 Å². The fourth-order valence-electron chi connectivity index (χ4n) is 1.61. The zero-order valence-corrected chi connectivity index (χ0v) is 12.7. The van der Waals surface area contributed by atoms with Crippen LogP contribution in [0.1, 0.15) is 18.9 Å². The summed E-state index contributed by atoms with van der Waals surface area (Å²) in [6, 6.07) is 8.01. The van der Waals surface area contributed by atoms with Gasteiger partial charge in [-0.05, 0) is 53.0 Å². The molecule has 2 rings (SSSR count). The molecule has 0 amide bonds. The Labute approximate surface area is 121 Å². The first-order valence-corrected chi connectivity index (χ1v) is 7.08. The Kier molecular flexibility index (Phi) is 4.74. The summed E-state index contributed by atoms with van der Waals surface area (Å²) in [4.78, 5) is 8.60. The topological polar surface area (TPSA) is 49.8 Å². The molecule has 0 fully saturated rings. The smallest absolute Gasteiger partial charge is 0.224 e. The van der Waals surface area contributed by atoms with E-state index in [-0.39, 0.29) is 0 Å². The molecule has 1 aromatic heterocycles. The first-order chi connectivity index (χ1) is 9.19. The number of rotatable bonds is 5. The molecule has 0 saturated heterocycles. The van der Waals surface area contributed by atoms with Crippen molar-refractivity contribution in [1.82, 2.24) is 9.97 Å². The normalized spacial score (nSPS) is 10.3. The molecule has 0 aliphatic rings. The SMILES string of the molecule is CCCNc1nccc(Nc2ccc(C)cc2Br)n1. The number of hydrogen-bond acceptors (Lipinski definition) is 4. The van der Waals surface area contributed by atoms with Gasteiger partial charge in [-0.1, -0.05) is 13.0 Å². The van der Waals surface area contributed by atoms with Gasteiger partial charge >= 0.3 is 0 Å². The van der Waals surface area contributed by atoms with Crippen LogP contribution in [-0.4, -0.2) is 16.5 Å². The van der Waals surface area contributed by atoms with E-state index in [9.17, 15) is 0 Å². The lowest BCUT2D eigenvalue weighted by molar-refractivity contribution is 0.953. The molecule has 100 valence electrons. The molecule has 0 spiro atoms. The second-order valence-corrected chi connectivity index (χ2v) is 5.15. The quantitative estimate of drug-likeness (QED) is 0.870. The molecule has 0 atom stereocenters. The highest BCUT2D eigenvalue weighted by atomic mass is 79.9. The van der Waals surface area contributed by atoms with Gasteiger partial charge in [0.15, 0.2) is 0 Å². The van der Waals surface area contributed by atoms with Crippen molar-refractivity contribution >= 4 is 33.4 Å². The number of nitrogens with zero attached hydrogens (tertiary/aromatic N) is 2. The lowest BCUT2D eigenvalue weighted by Crippen LogP contribution is -2.05. The first-order valence-electron chi connectivity index (χ1n) is 6.29. The van der Waals surface area contributed by atoms with E-state index in [2.05, 4.69) is 62.5 Å². The summed E-state index contributed by atoms with van der Waals surface area (Å²) in [6.45, 7) is 5.04. The van der Waals surface area contributed by atoms with Crippen LogP contribution in [0.5, 0.6) is 0 Å². The summed E-state index contributed by atoms with van der Waals surface area (Å²) in [5.74, 6) is 1.42. The van der Waals surface area contributed by atoms with Crippen LogP contribution in [0.3, 0.4) is 0 Å². The number of halogens is 1. The molecule has 0 radical (unpaired) electrons. The van der Waals surface area contributed by atoms with E-state index in [0.29, 0.717) is 5.95 Å². The van der Waals surface area contributed by atoms with E-state index in [1.165, 1.54) is 5.56 Å². The van der Waals surface area contributed by atoms with E-state index < -0.39 is 0 Å². The Hall–Kier alpha value is -1.62. The largest absolute Gasteiger partial charge is 0.354 e. The van der Waals surface area contributed by atoms with Gasteiger partial charge in [-0.3, -0.25) is 0 Å². The summed E-state index contributed by atoms with van der Waals surface area (Å²) in [6.07, 6.45) is 2.79. The van der Waals surface area contributed by atoms with E-state index in [4.69, 9.17) is 0 Å². The van der Waals surface area contributed by atoms with Crippen LogP contribution < -0.4 is 10.6 Å². The predicted octanol–water partition coefficient (Wildman–Crippen LogP) is 4.11. The molecule has 0 saturated carbocycles. The third kappa shape index (κ3) is 3.92. The van der Waals surface area contributed by atoms with Gasteiger partial charge in [0.05, 0.1) is 5.69 Å². The Bertz CT molecular complexity index is 557. The van der Waals surface area contributed by atoms with Crippen LogP contribution in [0.2, 0.25) is 0 Å². The van der Waals surface area contributed by atoms with Crippen molar-refractivity contribution in [3.63, 3.8) is 0 Å². The average Bonchev–Trinajstić information content (AvgIpc) is 2.40. The van der Waals surface area contributed by atoms with Crippen LogP contribution in [0, 0.1) is 6.92 Å². The molecule has 1 heterocycles. The van der Waals surface area contributed by atoms with Gasteiger partial charge in [0, 0.05) is 17.2 Å². The molecular formula is C14H17BrN4. The molecule has 1 aromatic carbocycles. The van der Waals surface area contributed by atoms with E-state index >= 15 is 0 Å². The minimum atomic E-state index is 0.648. The molecule has 2 aromatic rings. The van der Waals surface area contributed by atoms with Crippen molar-refractivity contribution in [3.8, 4) is 0 Å². The number of hydrogen-bond donors (Lipinski definition) is 2. The van der Waals surface area contributed by atoms with Gasteiger partial charge in [0.2, 0.25) is 5.95 Å². The number of nitrogens with one attached hydrogen (secondary N) is 2. The highest BCUT2D eigenvalue weighted by Crippen LogP contribution is 2.26. The maximum absolute atomic E-state index is 4.41. The second kappa shape index (κ2) is 6.52. The monoisotopic (exact) mass is 320 g/mol. The summed E-state index contributed by atoms with van der Waals surface area (Å²) < 4.78 is 1.02. The van der Waals surface area contributed by atoms with E-state index in [0.717, 1.165) is 28.9 Å². The molecule has 0 unspecified atom stereocenters. The minimum absolute atomic E-state index is 0.648. The summed E-state index contributed by atoms with van der Waals surface area (Å²) >= 11 is 3.54. The van der Waals surface area contributed by atoms with Crippen LogP contribution in [0.15, 0.2) is 34.9 Å². The van der Waals surface area contributed by atoms with Gasteiger partial charge < -0.3 is 10.6 Å². The van der Waals surface area contributed by atoms with Crippen LogP contribution >= 0.6 is 15.9 Å². The van der Waals surface area contributed by atoms with Crippen molar-refractivity contribution in [3.05, 3.63) is 40.5 Å². The van der Waals surface area contributed by atoms with Crippen molar-refractivity contribution in [2.24, 2.45) is 0 Å². The highest BCUT2D eigenvalue weighted by molar-refractivity contribution is 9.10. The zero-order chi connectivity index (χ0) is 13.7. The third-order valence-corrected chi connectivity index (χ3v) is 3.23. The minimum Gasteiger partial charge on any atom is -0.354 e. The zero-order valence-electron chi connectivity index (χ0n) is 11.1. The Morgan fingerprint density at radius 1 is 1.26 bits per heavy atom. The maximum Gasteiger partial charge on any atom is 0.224 e. The van der Waals surface area contributed by atoms with Crippen molar-refractivity contribution in [2.45, 2.75) is 20.3 Å². The molecule has 5 heteroatoms. The van der Waals surface area contributed by atoms with Crippen LogP contribution in [-0.2, 0) is 0 Å². The summed E-state index contributed by atoms with van der Waals surface area (Å²) in [5, 5.41) is 6.45. The summed E-state index contributed by atoms with van der Waals surface area (Å²) in [5.41, 5.74) is 2.20. The lowest BCUT2D eigenvalue weighted by Gasteiger charge is -2.09. The first kappa shape index (κ1) is 13.8. The molecular weight excluding hydrogens is 304 g/mol. The van der Waals surface area contributed by atoms with Gasteiger partial charge in [-0.2, -0.15) is 4.98 Å². The van der Waals surface area contributed by atoms with Gasteiger partial charge in [-0.15, -0.1) is 0 Å². The maximum atomic E-state index is 4.41. The van der Waals surface area contributed by atoms with E-state index in [1.54, 1.807) is 6.20 Å². The highest BCUT2D eigenvalue weighted by Gasteiger charge is 2.03. The number of anilines is 3. The van der Waals surface area contributed by atoms with Crippen molar-refractivity contribution in [2.75, 3.05) is 17.2 Å². The molecule has 0 aliphatic heterocycles. The number of benzene rings is 1. The second-order valence-electron chi connectivity index (χ2n) is 4.30. The van der Waals surface area contributed by atoms with Gasteiger partial charge in [0.25, 0.3) is 0 Å². The number of aryl methyl sites for hydroxylation is 1. The molecule has 19 heavy (non-hydrogen) atoms. The van der Waals surface area contributed by atoms with Crippen molar-refractivity contribution < 1.29 is 0 Å². The van der Waals surface area contributed by atoms with Gasteiger partial charge in [-0.25, -0.2) is 4.98 Å². The average molecular weight is 321 g/mol. The van der Waals surface area contributed by atoms with Crippen molar-refractivity contribution in [1.29, 1.82) is 0 Å². The van der Waals surface area contributed by atoms with Crippen LogP contribution in [0.25, 0.3) is 0 Å². The third-order valence-electron chi connectivity index (χ3n) is 2.58. The molecule has 0 aliphatic carbocycles. The fourth-order valence-corrected chi connectivity index (χ4v) is 2.20. The standard InChI is InChI=1S/C14H17BrN4/c1-3-7-16-14-17-8-6-13(19-14)18-12-5-4-10(2)9-11(12)15/h4-6,8-9H,3,7H2,1-2H3,(H2,16,17,18,19). The fraction of sp³-hybridized carbons (Fsp3) is 0.286. The molecule has 4 nitrogen and oxygen atoms in total. The predicted molar refractivity (Wildman–Crippen MR) is 83.0 cm³/mol. The van der Waals surface area contributed by atoms with Crippen LogP contribution in [0.4, 0.5) is 17.5 Å². The van der Waals surface area contributed by atoms with Gasteiger partial charge in [0.1, 0.15) is 5.82 Å². The Balaban J connectivity index is 2.14. The molecule has 2 N–H and O–H groups in total. The Morgan fingerprint density at radius 2 is 2.11 bits per heavy atom. The Morgan fingerprint density at radius 3 is 2.84 bits per heavy atom. The number of aromatic nitrogens is 2. The molecule has 0 bridgehead atoms. The lowest BCUT2D eigenvalue weighted by atomic mass is 10.2. The summed E-state index contributed by atoms with van der Waals surface area (Å²) in [7, 11) is 0.